The molecule has 3 rings (SSSR count). The first-order valence-corrected chi connectivity index (χ1v) is 9.07. The highest BCUT2D eigenvalue weighted by Crippen LogP contribution is 2.18. The molecule has 7 heteroatoms. The van der Waals surface area contributed by atoms with Crippen LogP contribution in [0.15, 0.2) is 36.4 Å². The lowest BCUT2D eigenvalue weighted by Gasteiger charge is -2.22. The van der Waals surface area contributed by atoms with Crippen molar-refractivity contribution < 1.29 is 9.53 Å². The van der Waals surface area contributed by atoms with Gasteiger partial charge in [-0.2, -0.15) is 0 Å². The smallest absolute Gasteiger partial charge is 0.261 e. The summed E-state index contributed by atoms with van der Waals surface area (Å²) in [6, 6.07) is 11.6. The maximum absolute atomic E-state index is 12.6. The Labute approximate surface area is 150 Å². The first kappa shape index (κ1) is 17.6. The summed E-state index contributed by atoms with van der Waals surface area (Å²) < 4.78 is 6.96. The summed E-state index contributed by atoms with van der Waals surface area (Å²) in [5, 5.41) is 11.5. The number of hydrogen-bond acceptors (Lipinski definition) is 5. The summed E-state index contributed by atoms with van der Waals surface area (Å²) in [6.07, 6.45) is 0. The Bertz CT molecular complexity index is 856. The van der Waals surface area contributed by atoms with E-state index < -0.39 is 0 Å². The van der Waals surface area contributed by atoms with Crippen LogP contribution in [0.25, 0.3) is 11.0 Å². The maximum Gasteiger partial charge on any atom is 0.261 e. The van der Waals surface area contributed by atoms with Crippen LogP contribution >= 0.6 is 11.3 Å². The van der Waals surface area contributed by atoms with Crippen molar-refractivity contribution in [2.75, 3.05) is 7.11 Å². The minimum absolute atomic E-state index is 0.0365. The summed E-state index contributed by atoms with van der Waals surface area (Å²) in [7, 11) is 1.65. The lowest BCUT2D eigenvalue weighted by molar-refractivity contribution is 0.0923. The van der Waals surface area contributed by atoms with Crippen LogP contribution in [0.4, 0.5) is 0 Å². The molecule has 2 heterocycles. The van der Waals surface area contributed by atoms with Crippen LogP contribution < -0.4 is 5.32 Å². The number of ether oxygens (including phenoxy) is 1. The van der Waals surface area contributed by atoms with E-state index >= 15 is 0 Å². The number of benzene rings is 1. The summed E-state index contributed by atoms with van der Waals surface area (Å²) in [4.78, 5) is 14.3. The molecule has 1 N–H and O–H groups in total. The zero-order valence-electron chi connectivity index (χ0n) is 14.6. The summed E-state index contributed by atoms with van der Waals surface area (Å²) in [6.45, 7) is 5.29. The summed E-state index contributed by atoms with van der Waals surface area (Å²) >= 11 is 1.46. The van der Waals surface area contributed by atoms with Crippen LogP contribution in [0.3, 0.4) is 0 Å². The third-order valence-electron chi connectivity index (χ3n) is 4.08. The second kappa shape index (κ2) is 7.76. The molecule has 0 saturated carbocycles. The largest absolute Gasteiger partial charge is 0.379 e. The van der Waals surface area contributed by atoms with Crippen molar-refractivity contribution in [2.24, 2.45) is 5.92 Å². The van der Waals surface area contributed by atoms with Gasteiger partial charge < -0.3 is 10.1 Å². The number of para-hydroxylation sites is 1. The third kappa shape index (κ3) is 4.05. The molecule has 2 aromatic heterocycles. The van der Waals surface area contributed by atoms with E-state index in [1.807, 2.05) is 41.1 Å². The van der Waals surface area contributed by atoms with Crippen molar-refractivity contribution in [1.29, 1.82) is 0 Å². The van der Waals surface area contributed by atoms with E-state index in [2.05, 4.69) is 29.5 Å². The van der Waals surface area contributed by atoms with Gasteiger partial charge in [0.2, 0.25) is 0 Å². The molecular formula is C18H22N4O2S. The molecule has 0 aliphatic carbocycles. The van der Waals surface area contributed by atoms with Crippen LogP contribution in [-0.2, 0) is 17.9 Å². The van der Waals surface area contributed by atoms with Crippen molar-refractivity contribution in [3.05, 3.63) is 46.2 Å². The number of carbonyl (C=O) groups excluding carboxylic acids is 1. The number of fused-ring (bicyclic) bond motifs is 1. The Morgan fingerprint density at radius 3 is 2.84 bits per heavy atom. The number of thiophene rings is 1. The van der Waals surface area contributed by atoms with Gasteiger partial charge in [0, 0.05) is 12.0 Å². The number of rotatable bonds is 7. The van der Waals surface area contributed by atoms with Crippen molar-refractivity contribution in [2.45, 2.75) is 33.0 Å². The van der Waals surface area contributed by atoms with Gasteiger partial charge in [0.1, 0.15) is 5.52 Å². The molecule has 3 aromatic rings. The molecule has 0 bridgehead atoms. The van der Waals surface area contributed by atoms with Gasteiger partial charge >= 0.3 is 0 Å². The highest BCUT2D eigenvalue weighted by molar-refractivity contribution is 7.14. The van der Waals surface area contributed by atoms with Gasteiger partial charge in [0.25, 0.3) is 5.91 Å². The highest BCUT2D eigenvalue weighted by Gasteiger charge is 2.20. The molecule has 0 aliphatic heterocycles. The van der Waals surface area contributed by atoms with Crippen molar-refractivity contribution >= 4 is 28.3 Å². The number of nitrogens with zero attached hydrogens (tertiary/aromatic N) is 3. The van der Waals surface area contributed by atoms with Crippen LogP contribution in [0.5, 0.6) is 0 Å². The average molecular weight is 358 g/mol. The highest BCUT2D eigenvalue weighted by atomic mass is 32.1. The van der Waals surface area contributed by atoms with Gasteiger partial charge in [-0.15, -0.1) is 16.4 Å². The van der Waals surface area contributed by atoms with E-state index in [1.165, 1.54) is 11.3 Å². The summed E-state index contributed by atoms with van der Waals surface area (Å²) in [5.74, 6) is 0.209. The van der Waals surface area contributed by atoms with E-state index in [1.54, 1.807) is 7.11 Å². The van der Waals surface area contributed by atoms with E-state index in [9.17, 15) is 4.79 Å². The Morgan fingerprint density at radius 1 is 1.28 bits per heavy atom. The molecule has 1 aromatic carbocycles. The lowest BCUT2D eigenvalue weighted by atomic mass is 10.0. The third-order valence-corrected chi connectivity index (χ3v) is 5.14. The van der Waals surface area contributed by atoms with E-state index in [4.69, 9.17) is 4.74 Å². The van der Waals surface area contributed by atoms with Crippen LogP contribution in [0.1, 0.15) is 28.4 Å². The van der Waals surface area contributed by atoms with Crippen LogP contribution in [-0.4, -0.2) is 34.1 Å². The maximum atomic E-state index is 12.6. The molecule has 25 heavy (non-hydrogen) atoms. The van der Waals surface area contributed by atoms with Gasteiger partial charge in [-0.05, 0) is 30.2 Å². The summed E-state index contributed by atoms with van der Waals surface area (Å²) in [5.41, 5.74) is 1.83. The zero-order valence-corrected chi connectivity index (χ0v) is 15.4. The van der Waals surface area contributed by atoms with E-state index in [0.717, 1.165) is 15.9 Å². The number of nitrogens with one attached hydrogen (secondary N) is 1. The molecule has 0 spiro atoms. The monoisotopic (exact) mass is 358 g/mol. The standard InChI is InChI=1S/C18H22N4O2S/c1-12(2)15(10-22-16-7-5-4-6-14(16)20-21-22)19-18(23)17-9-8-13(25-17)11-24-3/h4-9,12,15H,10-11H2,1-3H3,(H,19,23)/t15-/m1/s1. The Hall–Kier alpha value is -2.25. The molecular weight excluding hydrogens is 336 g/mol. The van der Waals surface area contributed by atoms with E-state index in [-0.39, 0.29) is 17.9 Å². The first-order chi connectivity index (χ1) is 12.1. The molecule has 6 nitrogen and oxygen atoms in total. The predicted molar refractivity (Wildman–Crippen MR) is 98.7 cm³/mol. The molecule has 0 unspecified atom stereocenters. The topological polar surface area (TPSA) is 69.0 Å². The van der Waals surface area contributed by atoms with Gasteiger partial charge in [-0.25, -0.2) is 4.68 Å². The second-order valence-electron chi connectivity index (χ2n) is 6.28. The molecule has 0 radical (unpaired) electrons. The Balaban J connectivity index is 1.73. The first-order valence-electron chi connectivity index (χ1n) is 8.25. The fourth-order valence-corrected chi connectivity index (χ4v) is 3.50. The van der Waals surface area contributed by atoms with Gasteiger partial charge in [-0.1, -0.05) is 31.2 Å². The minimum atomic E-state index is -0.0597. The number of amides is 1. The van der Waals surface area contributed by atoms with Gasteiger partial charge in [-0.3, -0.25) is 4.79 Å². The minimum Gasteiger partial charge on any atom is -0.379 e. The van der Waals surface area contributed by atoms with Gasteiger partial charge in [0.05, 0.1) is 29.6 Å². The van der Waals surface area contributed by atoms with Crippen LogP contribution in [0, 0.1) is 5.92 Å². The fraction of sp³-hybridized carbons (Fsp3) is 0.389. The Kier molecular flexibility index (Phi) is 5.45. The quantitative estimate of drug-likeness (QED) is 0.705. The number of carbonyl (C=O) groups is 1. The van der Waals surface area contributed by atoms with Crippen molar-refractivity contribution in [1.82, 2.24) is 20.3 Å². The molecule has 132 valence electrons. The van der Waals surface area contributed by atoms with Crippen LogP contribution in [0.2, 0.25) is 0 Å². The zero-order chi connectivity index (χ0) is 17.8. The number of aromatic nitrogens is 3. The fourth-order valence-electron chi connectivity index (χ4n) is 2.62. The second-order valence-corrected chi connectivity index (χ2v) is 7.45. The average Bonchev–Trinajstić information content (AvgIpc) is 3.22. The van der Waals surface area contributed by atoms with Crippen molar-refractivity contribution in [3.8, 4) is 0 Å². The number of methoxy groups -OCH3 is 1. The van der Waals surface area contributed by atoms with Gasteiger partial charge in [0.15, 0.2) is 0 Å². The van der Waals surface area contributed by atoms with Crippen molar-refractivity contribution in [3.63, 3.8) is 0 Å². The predicted octanol–water partition coefficient (Wildman–Crippen LogP) is 3.09. The molecule has 1 amide bonds. The number of hydrogen-bond donors (Lipinski definition) is 1. The molecule has 0 fully saturated rings. The molecule has 0 aliphatic rings. The molecule has 1 atom stereocenters. The molecule has 0 saturated heterocycles. The lowest BCUT2D eigenvalue weighted by Crippen LogP contribution is -2.41. The Morgan fingerprint density at radius 2 is 2.08 bits per heavy atom. The SMILES string of the molecule is COCc1ccc(C(=O)N[C@H](Cn2nnc3ccccc32)C(C)C)s1. The van der Waals surface area contributed by atoms with E-state index in [0.29, 0.717) is 18.0 Å². The normalized spacial score (nSPS) is 12.6.